The van der Waals surface area contributed by atoms with E-state index < -0.39 is 0 Å². The molecule has 0 fully saturated rings. The Balaban J connectivity index is -0.0000000200. The van der Waals surface area contributed by atoms with Gasteiger partial charge in [-0.3, -0.25) is 0 Å². The summed E-state index contributed by atoms with van der Waals surface area (Å²) < 4.78 is 0. The Morgan fingerprint density at radius 1 is 1.20 bits per heavy atom. The Labute approximate surface area is 77.4 Å². The molecule has 0 aliphatic rings. The molecule has 5 heavy (non-hydrogen) atoms. The Hall–Kier alpha value is 2.46. The van der Waals surface area contributed by atoms with Crippen molar-refractivity contribution in [1.82, 2.24) is 0 Å². The van der Waals surface area contributed by atoms with Crippen LogP contribution in [-0.2, 0) is 0 Å². The molecule has 0 aromatic carbocycles. The minimum atomic E-state index is 0. The van der Waals surface area contributed by atoms with E-state index in [0.29, 0.717) is 10.2 Å². The number of rotatable bonds is 0. The summed E-state index contributed by atoms with van der Waals surface area (Å²) in [5.41, 5.74) is 0. The van der Waals surface area contributed by atoms with E-state index in [4.69, 9.17) is 0 Å². The van der Waals surface area contributed by atoms with Crippen LogP contribution in [0.3, 0.4) is 0 Å². The first kappa shape index (κ1) is 15.7. The van der Waals surface area contributed by atoms with Gasteiger partial charge >= 0.3 is 29.6 Å². The monoisotopic (exact) mass is 156 g/mol. The molecular weight excluding hydrogens is 153 g/mol. The molecule has 0 unspecified atom stereocenters. The zero-order valence-electron chi connectivity index (χ0n) is 1.16. The second-order valence-electron chi connectivity index (χ2n) is 0.0583. The molecule has 0 aliphatic heterocycles. The first-order chi connectivity index (χ1) is 1.41. The first-order valence-electron chi connectivity index (χ1n) is 0.309. The third-order valence-electron chi connectivity index (χ3n) is 0. The van der Waals surface area contributed by atoms with Crippen molar-refractivity contribution < 1.29 is 0 Å². The maximum atomic E-state index is 4.68. The van der Waals surface area contributed by atoms with Gasteiger partial charge < -0.3 is 0 Å². The normalized spacial score (nSPS) is 3.60. The van der Waals surface area contributed by atoms with Crippen molar-refractivity contribution in [3.8, 4) is 0 Å². The third-order valence-corrected chi connectivity index (χ3v) is 0. The second-order valence-corrected chi connectivity index (χ2v) is 1.57. The van der Waals surface area contributed by atoms with Crippen LogP contribution in [-0.4, -0.2) is 46.9 Å². The van der Waals surface area contributed by atoms with Crippen LogP contribution in [0.15, 0.2) is 0 Å². The molecule has 0 aromatic rings. The Bertz CT molecular complexity index is 9.61. The summed E-state index contributed by atoms with van der Waals surface area (Å²) in [6.07, 6.45) is 0. The molecule has 0 rings (SSSR count). The van der Waals surface area contributed by atoms with Gasteiger partial charge in [-0.1, -0.05) is 0 Å². The van der Waals surface area contributed by atoms with Crippen molar-refractivity contribution in [2.75, 3.05) is 0 Å². The molecule has 0 spiro atoms. The molecule has 5 heteroatoms. The zero-order valence-corrected chi connectivity index (χ0v) is 3.49. The second kappa shape index (κ2) is 16.1. The first-order valence-corrected chi connectivity index (χ1v) is 2.78. The summed E-state index contributed by atoms with van der Waals surface area (Å²) in [6.45, 7) is 0. The van der Waals surface area contributed by atoms with Gasteiger partial charge in [0.25, 0.3) is 0 Å². The van der Waals surface area contributed by atoms with Crippen molar-refractivity contribution in [2.45, 2.75) is 0 Å². The molecule has 0 nitrogen and oxygen atoms in total. The van der Waals surface area contributed by atoms with Crippen LogP contribution < -0.4 is 0 Å². The van der Waals surface area contributed by atoms with Gasteiger partial charge in [-0.25, -0.2) is 0 Å². The van der Waals surface area contributed by atoms with Gasteiger partial charge in [0.05, 0.1) is 10.2 Å². The average molecular weight is 157 g/mol. The molecule has 0 saturated heterocycles. The van der Waals surface area contributed by atoms with E-state index in [9.17, 15) is 0 Å². The minimum absolute atomic E-state index is 0. The van der Waals surface area contributed by atoms with Crippen LogP contribution >= 0.6 is 31.6 Å². The molecule has 0 saturated carbocycles. The van der Waals surface area contributed by atoms with Crippen molar-refractivity contribution >= 4 is 78.5 Å². The molecule has 0 amide bonds. The van der Waals surface area contributed by atoms with Crippen molar-refractivity contribution in [3.63, 3.8) is 0 Å². The molecule has 0 atom stereocenters. The molecule has 28 valence electrons. The van der Waals surface area contributed by atoms with E-state index >= 15 is 0 Å². The maximum absolute atomic E-state index is 4.68. The van der Waals surface area contributed by atoms with Crippen molar-refractivity contribution in [1.29, 1.82) is 0 Å². The Kier molecular flexibility index (Phi) is 50.3. The Morgan fingerprint density at radius 3 is 1.20 bits per heavy atom. The van der Waals surface area contributed by atoms with E-state index in [-0.39, 0.29) is 46.9 Å². The summed E-state index contributed by atoms with van der Waals surface area (Å²) in [6, 6.07) is 0. The molecule has 0 heterocycles. The average Bonchev–Trinajstić information content (AvgIpc) is 0.918. The number of halogens is 2. The summed E-state index contributed by atoms with van der Waals surface area (Å²) in [7, 11) is 10.1. The summed E-state index contributed by atoms with van der Waals surface area (Å²) in [5, 5.41) is 0. The number of hydrogen-bond acceptors (Lipinski definition) is 1. The SMILES string of the molecule is ClSCl.[AlH3].[NaH]. The van der Waals surface area contributed by atoms with Gasteiger partial charge in [-0.15, -0.1) is 0 Å². The van der Waals surface area contributed by atoms with Crippen LogP contribution in [0.2, 0.25) is 0 Å². The van der Waals surface area contributed by atoms with Crippen LogP contribution in [0.4, 0.5) is 0 Å². The fourth-order valence-corrected chi connectivity index (χ4v) is 0. The van der Waals surface area contributed by atoms with Gasteiger partial charge in [0, 0.05) is 0 Å². The van der Waals surface area contributed by atoms with Crippen LogP contribution in [0.25, 0.3) is 0 Å². The molecule has 0 N–H and O–H groups in total. The van der Waals surface area contributed by atoms with Gasteiger partial charge in [-0.2, -0.15) is 0 Å². The molecule has 0 aromatic heterocycles. The fraction of sp³-hybridized carbons (Fsp3) is 0. The predicted octanol–water partition coefficient (Wildman–Crippen LogP) is 0.195. The van der Waals surface area contributed by atoms with Gasteiger partial charge in [-0.05, 0) is 21.4 Å². The number of hydrogen-bond donors (Lipinski definition) is 0. The van der Waals surface area contributed by atoms with E-state index in [0.717, 1.165) is 0 Å². The van der Waals surface area contributed by atoms with Gasteiger partial charge in [0.15, 0.2) is 17.4 Å². The van der Waals surface area contributed by atoms with Crippen LogP contribution in [0.5, 0.6) is 0 Å². The topological polar surface area (TPSA) is 0 Å². The third kappa shape index (κ3) is 21.2. The Morgan fingerprint density at radius 2 is 1.20 bits per heavy atom. The van der Waals surface area contributed by atoms with E-state index in [1.807, 2.05) is 0 Å². The summed E-state index contributed by atoms with van der Waals surface area (Å²) >= 11 is 0. The van der Waals surface area contributed by atoms with E-state index in [2.05, 4.69) is 21.4 Å². The van der Waals surface area contributed by atoms with Gasteiger partial charge in [0.1, 0.15) is 0 Å². The van der Waals surface area contributed by atoms with Gasteiger partial charge in [0.2, 0.25) is 0 Å². The van der Waals surface area contributed by atoms with Crippen LogP contribution in [0, 0.1) is 0 Å². The van der Waals surface area contributed by atoms with Crippen molar-refractivity contribution in [3.05, 3.63) is 0 Å². The molecule has 0 radical (unpaired) electrons. The van der Waals surface area contributed by atoms with Crippen LogP contribution in [0.1, 0.15) is 0 Å². The van der Waals surface area contributed by atoms with E-state index in [1.54, 1.807) is 0 Å². The predicted molar refractivity (Wildman–Crippen MR) is 36.4 cm³/mol. The summed E-state index contributed by atoms with van der Waals surface area (Å²) in [5.74, 6) is 0. The summed E-state index contributed by atoms with van der Waals surface area (Å²) in [4.78, 5) is 0. The quantitative estimate of drug-likeness (QED) is 0.452. The molecule has 0 aliphatic carbocycles. The standard InChI is InChI=1S/Al.Cl2S.Na.4H/c;1-3-2;;;;;. The van der Waals surface area contributed by atoms with Crippen molar-refractivity contribution in [2.24, 2.45) is 0 Å². The fourth-order valence-electron chi connectivity index (χ4n) is 0. The van der Waals surface area contributed by atoms with E-state index in [1.165, 1.54) is 0 Å². The molecular formula is H4AlCl2NaS. The zero-order chi connectivity index (χ0) is 2.71. The molecule has 0 bridgehead atoms.